The zero-order valence-electron chi connectivity index (χ0n) is 20.4. The summed E-state index contributed by atoms with van der Waals surface area (Å²) in [4.78, 5) is 8.02. The van der Waals surface area contributed by atoms with Crippen molar-refractivity contribution in [1.29, 1.82) is 0 Å². The summed E-state index contributed by atoms with van der Waals surface area (Å²) in [5.41, 5.74) is 4.68. The highest BCUT2D eigenvalue weighted by Gasteiger charge is 2.41. The van der Waals surface area contributed by atoms with Gasteiger partial charge in [-0.25, -0.2) is 0 Å². The largest absolute Gasteiger partial charge is 0.497 e. The zero-order chi connectivity index (χ0) is 22.7. The number of methoxy groups -OCH3 is 2. The molecule has 2 aromatic carbocycles. The van der Waals surface area contributed by atoms with Crippen LogP contribution < -0.4 is 14.4 Å². The van der Waals surface area contributed by atoms with Crippen LogP contribution in [0.15, 0.2) is 42.5 Å². The van der Waals surface area contributed by atoms with Gasteiger partial charge in [-0.15, -0.1) is 0 Å². The number of rotatable bonds is 6. The van der Waals surface area contributed by atoms with Gasteiger partial charge >= 0.3 is 0 Å². The highest BCUT2D eigenvalue weighted by Crippen LogP contribution is 2.40. The number of aryl methyl sites for hydroxylation is 1. The summed E-state index contributed by atoms with van der Waals surface area (Å²) in [7, 11) is 3.51. The van der Waals surface area contributed by atoms with E-state index in [1.165, 1.54) is 69.4 Å². The van der Waals surface area contributed by atoms with Gasteiger partial charge in [0.2, 0.25) is 0 Å². The molecule has 2 heterocycles. The number of piperazine rings is 1. The fourth-order valence-electron chi connectivity index (χ4n) is 6.23. The van der Waals surface area contributed by atoms with Crippen molar-refractivity contribution in [3.05, 3.63) is 53.6 Å². The molecular formula is C28H39N3O2. The number of anilines is 1. The van der Waals surface area contributed by atoms with Gasteiger partial charge in [-0.05, 0) is 74.0 Å². The Morgan fingerprint density at radius 3 is 2.42 bits per heavy atom. The van der Waals surface area contributed by atoms with Gasteiger partial charge in [-0.2, -0.15) is 0 Å². The van der Waals surface area contributed by atoms with Gasteiger partial charge in [0.15, 0.2) is 0 Å². The molecule has 1 spiro atoms. The van der Waals surface area contributed by atoms with Gasteiger partial charge in [0.25, 0.3) is 0 Å². The number of fused-ring (bicyclic) bond motifs is 1. The van der Waals surface area contributed by atoms with E-state index in [0.29, 0.717) is 5.54 Å². The van der Waals surface area contributed by atoms with Crippen LogP contribution in [0, 0.1) is 0 Å². The van der Waals surface area contributed by atoms with E-state index in [-0.39, 0.29) is 0 Å². The lowest BCUT2D eigenvalue weighted by Gasteiger charge is -2.51. The minimum absolute atomic E-state index is 0.363. The van der Waals surface area contributed by atoms with Gasteiger partial charge in [-0.1, -0.05) is 18.6 Å². The van der Waals surface area contributed by atoms with Gasteiger partial charge < -0.3 is 14.4 Å². The third kappa shape index (κ3) is 4.85. The normalized spacial score (nSPS) is 24.0. The first kappa shape index (κ1) is 22.5. The molecule has 2 fully saturated rings. The lowest BCUT2D eigenvalue weighted by atomic mass is 9.72. The maximum absolute atomic E-state index is 5.47. The first-order valence-corrected chi connectivity index (χ1v) is 12.7. The van der Waals surface area contributed by atoms with E-state index < -0.39 is 0 Å². The summed E-state index contributed by atoms with van der Waals surface area (Å²) in [5.74, 6) is 1.94. The van der Waals surface area contributed by atoms with Crippen LogP contribution in [-0.2, 0) is 12.8 Å². The van der Waals surface area contributed by atoms with E-state index in [4.69, 9.17) is 9.47 Å². The molecule has 2 aliphatic heterocycles. The molecule has 0 aromatic heterocycles. The van der Waals surface area contributed by atoms with Gasteiger partial charge in [-0.3, -0.25) is 9.80 Å². The van der Waals surface area contributed by atoms with E-state index in [1.807, 2.05) is 6.07 Å². The van der Waals surface area contributed by atoms with Crippen LogP contribution in [0.3, 0.4) is 0 Å². The summed E-state index contributed by atoms with van der Waals surface area (Å²) >= 11 is 0. The summed E-state index contributed by atoms with van der Waals surface area (Å²) in [6.07, 6.45) is 7.75. The standard InChI is InChI=1S/C28H39N3O2/c1-32-26-7-5-6-25(21-26)30-17-14-29(15-18-30)16-19-31-13-4-3-11-28(31)12-10-23-20-27(33-2)9-8-24(23)22-28/h5-9,20-21H,3-4,10-19,22H2,1-2H3. The molecule has 5 heteroatoms. The average molecular weight is 450 g/mol. The lowest BCUT2D eigenvalue weighted by molar-refractivity contribution is 0.0252. The van der Waals surface area contributed by atoms with E-state index in [0.717, 1.165) is 37.7 Å². The number of ether oxygens (including phenoxy) is 2. The molecule has 3 aliphatic rings. The minimum atomic E-state index is 0.363. The average Bonchev–Trinajstić information content (AvgIpc) is 2.88. The molecule has 1 atom stereocenters. The Hall–Kier alpha value is -2.24. The molecular weight excluding hydrogens is 410 g/mol. The van der Waals surface area contributed by atoms with Crippen LogP contribution in [0.4, 0.5) is 5.69 Å². The summed E-state index contributed by atoms with van der Waals surface area (Å²) < 4.78 is 10.9. The highest BCUT2D eigenvalue weighted by molar-refractivity contribution is 5.51. The van der Waals surface area contributed by atoms with Gasteiger partial charge in [0.1, 0.15) is 11.5 Å². The first-order valence-electron chi connectivity index (χ1n) is 12.7. The van der Waals surface area contributed by atoms with Crippen LogP contribution in [0.25, 0.3) is 0 Å². The molecule has 1 unspecified atom stereocenters. The van der Waals surface area contributed by atoms with Crippen LogP contribution in [0.5, 0.6) is 11.5 Å². The SMILES string of the molecule is COc1cccc(N2CCN(CCN3CCCCC34CCc3cc(OC)ccc3C4)CC2)c1. The van der Waals surface area contributed by atoms with E-state index >= 15 is 0 Å². The van der Waals surface area contributed by atoms with Gasteiger partial charge in [0, 0.05) is 56.6 Å². The maximum atomic E-state index is 5.47. The Labute approximate surface area is 199 Å². The van der Waals surface area contributed by atoms with Crippen molar-refractivity contribution in [2.24, 2.45) is 0 Å². The highest BCUT2D eigenvalue weighted by atomic mass is 16.5. The second-order valence-corrected chi connectivity index (χ2v) is 10.0. The fraction of sp³-hybridized carbons (Fsp3) is 0.571. The van der Waals surface area contributed by atoms with Crippen molar-refractivity contribution in [3.63, 3.8) is 0 Å². The number of nitrogens with zero attached hydrogens (tertiary/aromatic N) is 3. The third-order valence-corrected chi connectivity index (χ3v) is 8.26. The Kier molecular flexibility index (Phi) is 6.79. The maximum Gasteiger partial charge on any atom is 0.120 e. The molecule has 5 rings (SSSR count). The van der Waals surface area contributed by atoms with Crippen LogP contribution >= 0.6 is 0 Å². The second kappa shape index (κ2) is 9.94. The monoisotopic (exact) mass is 449 g/mol. The Balaban J connectivity index is 1.18. The Morgan fingerprint density at radius 1 is 0.788 bits per heavy atom. The molecule has 0 N–H and O–H groups in total. The molecule has 5 nitrogen and oxygen atoms in total. The molecule has 2 saturated heterocycles. The minimum Gasteiger partial charge on any atom is -0.497 e. The quantitative estimate of drug-likeness (QED) is 0.658. The van der Waals surface area contributed by atoms with Crippen molar-refractivity contribution in [3.8, 4) is 11.5 Å². The van der Waals surface area contributed by atoms with Crippen molar-refractivity contribution >= 4 is 5.69 Å². The summed E-state index contributed by atoms with van der Waals surface area (Å²) in [5, 5.41) is 0. The van der Waals surface area contributed by atoms with Gasteiger partial charge in [0.05, 0.1) is 14.2 Å². The molecule has 178 valence electrons. The number of piperidine rings is 1. The smallest absolute Gasteiger partial charge is 0.120 e. The van der Waals surface area contributed by atoms with Crippen LogP contribution in [0.2, 0.25) is 0 Å². The molecule has 0 saturated carbocycles. The molecule has 2 aromatic rings. The topological polar surface area (TPSA) is 28.2 Å². The lowest BCUT2D eigenvalue weighted by Crippen LogP contribution is -2.57. The van der Waals surface area contributed by atoms with E-state index in [1.54, 1.807) is 19.8 Å². The van der Waals surface area contributed by atoms with Crippen molar-refractivity contribution in [2.45, 2.75) is 44.1 Å². The van der Waals surface area contributed by atoms with Crippen LogP contribution in [-0.4, -0.2) is 75.4 Å². The number of hydrogen-bond acceptors (Lipinski definition) is 5. The molecule has 0 bridgehead atoms. The second-order valence-electron chi connectivity index (χ2n) is 10.0. The molecule has 0 radical (unpaired) electrons. The number of likely N-dealkylation sites (tertiary alicyclic amines) is 1. The predicted molar refractivity (Wildman–Crippen MR) is 135 cm³/mol. The van der Waals surface area contributed by atoms with Crippen molar-refractivity contribution in [2.75, 3.05) is 64.9 Å². The number of hydrogen-bond donors (Lipinski definition) is 0. The van der Waals surface area contributed by atoms with Crippen molar-refractivity contribution < 1.29 is 9.47 Å². The molecule has 33 heavy (non-hydrogen) atoms. The zero-order valence-corrected chi connectivity index (χ0v) is 20.4. The first-order chi connectivity index (χ1) is 16.2. The summed E-state index contributed by atoms with van der Waals surface area (Å²) in [6, 6.07) is 15.2. The van der Waals surface area contributed by atoms with Crippen molar-refractivity contribution in [1.82, 2.24) is 9.80 Å². The third-order valence-electron chi connectivity index (χ3n) is 8.26. The predicted octanol–water partition coefficient (Wildman–Crippen LogP) is 4.24. The van der Waals surface area contributed by atoms with E-state index in [2.05, 4.69) is 51.1 Å². The molecule has 0 amide bonds. The number of benzene rings is 2. The van der Waals surface area contributed by atoms with Crippen LogP contribution in [0.1, 0.15) is 36.8 Å². The Morgan fingerprint density at radius 2 is 1.61 bits per heavy atom. The fourth-order valence-corrected chi connectivity index (χ4v) is 6.23. The molecule has 1 aliphatic carbocycles. The summed E-state index contributed by atoms with van der Waals surface area (Å²) in [6.45, 7) is 8.10. The Bertz CT molecular complexity index is 940. The van der Waals surface area contributed by atoms with E-state index in [9.17, 15) is 0 Å².